The number of nitrogens with zero attached hydrogens (tertiary/aromatic N) is 3. The Bertz CT molecular complexity index is 321. The molecule has 5 N–H and O–H groups in total. The smallest absolute Gasteiger partial charge is 0.304 e. The van der Waals surface area contributed by atoms with Gasteiger partial charge in [0, 0.05) is 6.92 Å². The summed E-state index contributed by atoms with van der Waals surface area (Å²) in [6.07, 6.45) is 0. The van der Waals surface area contributed by atoms with Gasteiger partial charge in [-0.3, -0.25) is 4.79 Å². The van der Waals surface area contributed by atoms with Gasteiger partial charge in [-0.05, 0) is 0 Å². The van der Waals surface area contributed by atoms with Crippen molar-refractivity contribution in [2.75, 3.05) is 23.5 Å². The quantitative estimate of drug-likeness (QED) is 0.415. The molecule has 1 heterocycles. The second-order valence-electron chi connectivity index (χ2n) is 2.33. The Morgan fingerprint density at radius 1 is 1.36 bits per heavy atom. The van der Waals surface area contributed by atoms with Crippen molar-refractivity contribution in [2.45, 2.75) is 6.92 Å². The molecule has 0 bridgehead atoms. The van der Waals surface area contributed by atoms with Gasteiger partial charge in [-0.1, -0.05) is 0 Å². The van der Waals surface area contributed by atoms with Crippen molar-refractivity contribution in [2.24, 2.45) is 0 Å². The van der Waals surface area contributed by atoms with Crippen molar-refractivity contribution < 1.29 is 9.53 Å². The van der Waals surface area contributed by atoms with Crippen LogP contribution in [0.5, 0.6) is 0 Å². The van der Waals surface area contributed by atoms with E-state index in [1.807, 2.05) is 0 Å². The summed E-state index contributed by atoms with van der Waals surface area (Å²) in [6, 6.07) is 0. The number of nitrogen functional groups attached to an aromatic ring is 2. The monoisotopic (exact) mass is 198 g/mol. The number of aromatic nitrogens is 3. The highest BCUT2D eigenvalue weighted by Gasteiger charge is 2.00. The van der Waals surface area contributed by atoms with Gasteiger partial charge in [0.25, 0.3) is 0 Å². The highest BCUT2D eigenvalue weighted by molar-refractivity contribution is 5.66. The summed E-state index contributed by atoms with van der Waals surface area (Å²) >= 11 is 0. The van der Waals surface area contributed by atoms with Crippen LogP contribution in [-0.2, 0) is 9.53 Å². The first kappa shape index (κ1) is 9.96. The lowest BCUT2D eigenvalue weighted by atomic mass is 10.8. The number of nitrogens with one attached hydrogen (secondary N) is 1. The lowest BCUT2D eigenvalue weighted by molar-refractivity contribution is -0.140. The zero-order chi connectivity index (χ0) is 10.6. The van der Waals surface area contributed by atoms with E-state index in [0.29, 0.717) is 0 Å². The first-order valence-electron chi connectivity index (χ1n) is 3.72. The number of carbonyl (C=O) groups is 1. The van der Waals surface area contributed by atoms with Crippen LogP contribution < -0.4 is 16.8 Å². The fourth-order valence-corrected chi connectivity index (χ4v) is 0.691. The molecule has 0 atom stereocenters. The fourth-order valence-electron chi connectivity index (χ4n) is 0.691. The van der Waals surface area contributed by atoms with Gasteiger partial charge < -0.3 is 21.5 Å². The first-order valence-corrected chi connectivity index (χ1v) is 3.72. The van der Waals surface area contributed by atoms with E-state index in [1.54, 1.807) is 0 Å². The molecule has 8 heteroatoms. The minimum absolute atomic E-state index is 0.00262. The van der Waals surface area contributed by atoms with Crippen LogP contribution in [0, 0.1) is 0 Å². The van der Waals surface area contributed by atoms with Crippen LogP contribution in [0.15, 0.2) is 0 Å². The van der Waals surface area contributed by atoms with Crippen LogP contribution in [-0.4, -0.2) is 27.7 Å². The number of esters is 1. The average Bonchev–Trinajstić information content (AvgIpc) is 2.01. The largest absolute Gasteiger partial charge is 0.445 e. The van der Waals surface area contributed by atoms with Crippen LogP contribution in [0.4, 0.5) is 17.8 Å². The van der Waals surface area contributed by atoms with E-state index in [0.717, 1.165) is 0 Å². The van der Waals surface area contributed by atoms with E-state index in [-0.39, 0.29) is 24.6 Å². The van der Waals surface area contributed by atoms with E-state index in [9.17, 15) is 4.79 Å². The van der Waals surface area contributed by atoms with Gasteiger partial charge in [-0.2, -0.15) is 15.0 Å². The van der Waals surface area contributed by atoms with Gasteiger partial charge in [0.05, 0.1) is 0 Å². The second kappa shape index (κ2) is 4.21. The molecule has 0 saturated carbocycles. The van der Waals surface area contributed by atoms with Crippen LogP contribution in [0.1, 0.15) is 6.92 Å². The van der Waals surface area contributed by atoms with Crippen LogP contribution in [0.2, 0.25) is 0 Å². The summed E-state index contributed by atoms with van der Waals surface area (Å²) in [5, 5.41) is 2.59. The number of hydrogen-bond donors (Lipinski definition) is 3. The molecular weight excluding hydrogens is 188 g/mol. The van der Waals surface area contributed by atoms with Crippen LogP contribution >= 0.6 is 0 Å². The fraction of sp³-hybridized carbons (Fsp3) is 0.333. The van der Waals surface area contributed by atoms with Crippen molar-refractivity contribution in [3.8, 4) is 0 Å². The molecule has 0 radical (unpaired) electrons. The van der Waals surface area contributed by atoms with E-state index < -0.39 is 5.97 Å². The molecule has 0 aliphatic carbocycles. The Morgan fingerprint density at radius 3 is 2.43 bits per heavy atom. The first-order chi connectivity index (χ1) is 6.58. The highest BCUT2D eigenvalue weighted by Crippen LogP contribution is 2.02. The lowest BCUT2D eigenvalue weighted by Crippen LogP contribution is -2.13. The molecule has 0 saturated heterocycles. The summed E-state index contributed by atoms with van der Waals surface area (Å²) in [5.41, 5.74) is 10.6. The number of rotatable bonds is 3. The maximum absolute atomic E-state index is 10.4. The molecule has 0 aliphatic heterocycles. The Labute approximate surface area is 79.7 Å². The van der Waals surface area contributed by atoms with Crippen LogP contribution in [0.25, 0.3) is 0 Å². The van der Waals surface area contributed by atoms with Gasteiger partial charge in [-0.25, -0.2) is 0 Å². The lowest BCUT2D eigenvalue weighted by Gasteiger charge is -2.04. The normalized spacial score (nSPS) is 9.50. The molecular formula is C6H10N6O2. The molecule has 8 nitrogen and oxygen atoms in total. The second-order valence-corrected chi connectivity index (χ2v) is 2.33. The topological polar surface area (TPSA) is 129 Å². The van der Waals surface area contributed by atoms with E-state index in [4.69, 9.17) is 11.5 Å². The summed E-state index contributed by atoms with van der Waals surface area (Å²) in [6.45, 7) is 1.25. The molecule has 0 unspecified atom stereocenters. The van der Waals surface area contributed by atoms with Crippen molar-refractivity contribution in [3.63, 3.8) is 0 Å². The summed E-state index contributed by atoms with van der Waals surface area (Å²) in [5.74, 6) is -0.241. The van der Waals surface area contributed by atoms with Gasteiger partial charge in [0.1, 0.15) is 0 Å². The average molecular weight is 198 g/mol. The molecule has 1 aromatic heterocycles. The van der Waals surface area contributed by atoms with Crippen molar-refractivity contribution >= 4 is 23.8 Å². The standard InChI is InChI=1S/C6H10N6O2/c1-3(13)14-2-9-6-11-4(7)10-5(8)12-6/h2H2,1H3,(H5,7,8,9,10,11,12). The third kappa shape index (κ3) is 3.09. The van der Waals surface area contributed by atoms with E-state index in [2.05, 4.69) is 25.0 Å². The molecule has 14 heavy (non-hydrogen) atoms. The van der Waals surface area contributed by atoms with Gasteiger partial charge >= 0.3 is 5.97 Å². The Morgan fingerprint density at radius 2 is 1.93 bits per heavy atom. The van der Waals surface area contributed by atoms with E-state index in [1.165, 1.54) is 6.92 Å². The summed E-state index contributed by atoms with van der Waals surface area (Å²) < 4.78 is 4.59. The predicted molar refractivity (Wildman–Crippen MR) is 48.9 cm³/mol. The third-order valence-electron chi connectivity index (χ3n) is 1.18. The van der Waals surface area contributed by atoms with Crippen molar-refractivity contribution in [1.82, 2.24) is 15.0 Å². The Hall–Kier alpha value is -2.12. The maximum Gasteiger partial charge on any atom is 0.304 e. The van der Waals surface area contributed by atoms with Crippen LogP contribution in [0.3, 0.4) is 0 Å². The van der Waals surface area contributed by atoms with Crippen molar-refractivity contribution in [1.29, 1.82) is 0 Å². The number of nitrogens with two attached hydrogens (primary N) is 2. The number of carbonyl (C=O) groups excluding carboxylic acids is 1. The molecule has 0 spiro atoms. The van der Waals surface area contributed by atoms with Gasteiger partial charge in [-0.15, -0.1) is 0 Å². The zero-order valence-corrected chi connectivity index (χ0v) is 7.52. The Balaban J connectivity index is 2.54. The molecule has 0 amide bonds. The molecule has 0 aliphatic rings. The predicted octanol–water partition coefficient (Wildman–Crippen LogP) is -1.03. The number of hydrogen-bond acceptors (Lipinski definition) is 8. The van der Waals surface area contributed by atoms with Gasteiger partial charge in [0.2, 0.25) is 17.8 Å². The molecule has 1 aromatic rings. The minimum atomic E-state index is -0.410. The highest BCUT2D eigenvalue weighted by atomic mass is 16.5. The SMILES string of the molecule is CC(=O)OCNc1nc(N)nc(N)n1. The molecule has 76 valence electrons. The molecule has 0 fully saturated rings. The van der Waals surface area contributed by atoms with Crippen molar-refractivity contribution in [3.05, 3.63) is 0 Å². The van der Waals surface area contributed by atoms with E-state index >= 15 is 0 Å². The number of ether oxygens (including phenoxy) is 1. The summed E-state index contributed by atoms with van der Waals surface area (Å²) in [4.78, 5) is 21.4. The molecule has 0 aromatic carbocycles. The third-order valence-corrected chi connectivity index (χ3v) is 1.18. The number of anilines is 3. The maximum atomic E-state index is 10.4. The summed E-state index contributed by atoms with van der Waals surface area (Å²) in [7, 11) is 0. The van der Waals surface area contributed by atoms with Gasteiger partial charge in [0.15, 0.2) is 6.73 Å². The Kier molecular flexibility index (Phi) is 3.00. The zero-order valence-electron chi connectivity index (χ0n) is 7.52. The minimum Gasteiger partial charge on any atom is -0.445 e. The molecule has 1 rings (SSSR count).